The van der Waals surface area contributed by atoms with Crippen molar-refractivity contribution in [3.8, 4) is 10.6 Å². The maximum absolute atomic E-state index is 4.23. The van der Waals surface area contributed by atoms with Crippen LogP contribution in [0.2, 0.25) is 0 Å². The molecule has 0 bridgehead atoms. The van der Waals surface area contributed by atoms with Gasteiger partial charge in [-0.25, -0.2) is 0 Å². The Morgan fingerprint density at radius 2 is 2.24 bits per heavy atom. The summed E-state index contributed by atoms with van der Waals surface area (Å²) in [6.07, 6.45) is 5.35. The van der Waals surface area contributed by atoms with Crippen molar-refractivity contribution in [1.82, 2.24) is 10.2 Å². The first-order valence-corrected chi connectivity index (χ1v) is 8.27. The van der Waals surface area contributed by atoms with Crippen molar-refractivity contribution < 1.29 is 0 Å². The molecular weight excluding hydrogens is 363 g/mol. The molecule has 1 aromatic heterocycles. The van der Waals surface area contributed by atoms with Crippen LogP contribution in [0.4, 0.5) is 0 Å². The summed E-state index contributed by atoms with van der Waals surface area (Å²) >= 11 is 5.69. The lowest BCUT2D eigenvalue weighted by Gasteiger charge is -2.02. The summed E-state index contributed by atoms with van der Waals surface area (Å²) in [5.74, 6) is 0. The summed E-state index contributed by atoms with van der Waals surface area (Å²) in [4.78, 5) is 0. The highest BCUT2D eigenvalue weighted by Gasteiger charge is 2.14. The molecule has 86 valence electrons. The highest BCUT2D eigenvalue weighted by Crippen LogP contribution is 2.36. The van der Waals surface area contributed by atoms with E-state index in [1.54, 1.807) is 23.1 Å². The van der Waals surface area contributed by atoms with Gasteiger partial charge in [-0.05, 0) is 52.5 Å². The van der Waals surface area contributed by atoms with Crippen LogP contribution >= 0.6 is 45.7 Å². The zero-order chi connectivity index (χ0) is 11.8. The molecule has 1 aromatic carbocycles. The zero-order valence-corrected chi connectivity index (χ0v) is 12.9. The monoisotopic (exact) mass is 372 g/mol. The second kappa shape index (κ2) is 4.70. The third-order valence-corrected chi connectivity index (χ3v) is 5.67. The molecular formula is C12H9IN2S2. The molecule has 0 amide bonds. The molecule has 0 aliphatic heterocycles. The van der Waals surface area contributed by atoms with Crippen LogP contribution in [0.3, 0.4) is 0 Å². The Bertz CT molecular complexity index is 604. The molecule has 0 spiro atoms. The largest absolute Gasteiger partial charge is 0.174 e. The average Bonchev–Trinajstić information content (AvgIpc) is 2.96. The van der Waals surface area contributed by atoms with Gasteiger partial charge in [0.2, 0.25) is 0 Å². The van der Waals surface area contributed by atoms with Gasteiger partial charge in [-0.1, -0.05) is 41.3 Å². The number of hydrogen-bond acceptors (Lipinski definition) is 4. The van der Waals surface area contributed by atoms with E-state index in [-0.39, 0.29) is 0 Å². The van der Waals surface area contributed by atoms with Crippen LogP contribution in [0, 0.1) is 0 Å². The van der Waals surface area contributed by atoms with E-state index in [1.165, 1.54) is 20.3 Å². The Labute approximate surface area is 122 Å². The lowest BCUT2D eigenvalue weighted by atomic mass is 10.1. The van der Waals surface area contributed by atoms with Crippen LogP contribution in [0.15, 0.2) is 28.6 Å². The molecule has 2 aromatic rings. The summed E-state index contributed by atoms with van der Waals surface area (Å²) in [6.45, 7) is 0. The molecule has 0 saturated carbocycles. The molecule has 1 aliphatic carbocycles. The number of hydrogen-bond donors (Lipinski definition) is 0. The molecule has 5 heteroatoms. The van der Waals surface area contributed by atoms with Gasteiger partial charge in [-0.3, -0.25) is 0 Å². The minimum absolute atomic E-state index is 1.01. The van der Waals surface area contributed by atoms with E-state index in [1.807, 2.05) is 6.26 Å². The van der Waals surface area contributed by atoms with Gasteiger partial charge in [0.25, 0.3) is 0 Å². The van der Waals surface area contributed by atoms with Crippen molar-refractivity contribution in [2.75, 3.05) is 6.26 Å². The minimum atomic E-state index is 1.01. The van der Waals surface area contributed by atoms with Gasteiger partial charge in [0.15, 0.2) is 4.34 Å². The fraction of sp³-hybridized carbons (Fsp3) is 0.167. The van der Waals surface area contributed by atoms with Crippen molar-refractivity contribution in [2.24, 2.45) is 0 Å². The average molecular weight is 372 g/mol. The Kier molecular flexibility index (Phi) is 3.23. The topological polar surface area (TPSA) is 25.8 Å². The normalized spacial score (nSPS) is 13.6. The molecule has 2 nitrogen and oxygen atoms in total. The molecule has 0 unspecified atom stereocenters. The number of nitrogens with zero attached hydrogens (tertiary/aromatic N) is 2. The second-order valence-corrected chi connectivity index (χ2v) is 6.90. The molecule has 0 radical (unpaired) electrons. The Morgan fingerprint density at radius 1 is 1.35 bits per heavy atom. The fourth-order valence-corrected chi connectivity index (χ4v) is 3.82. The second-order valence-electron chi connectivity index (χ2n) is 3.71. The third-order valence-electron chi connectivity index (χ3n) is 2.70. The molecule has 1 aliphatic rings. The van der Waals surface area contributed by atoms with E-state index >= 15 is 0 Å². The van der Waals surface area contributed by atoms with Crippen molar-refractivity contribution in [1.29, 1.82) is 0 Å². The molecule has 0 fully saturated rings. The molecule has 3 rings (SSSR count). The smallest absolute Gasteiger partial charge is 0.137 e. The van der Waals surface area contributed by atoms with E-state index in [9.17, 15) is 0 Å². The number of halogens is 1. The Morgan fingerprint density at radius 3 is 3.00 bits per heavy atom. The Balaban J connectivity index is 2.04. The van der Waals surface area contributed by atoms with Crippen LogP contribution in [-0.4, -0.2) is 16.5 Å². The number of benzene rings is 1. The summed E-state index contributed by atoms with van der Waals surface area (Å²) in [6, 6.07) is 6.57. The Hall–Kier alpha value is -0.400. The van der Waals surface area contributed by atoms with Crippen LogP contribution in [0.1, 0.15) is 11.1 Å². The third kappa shape index (κ3) is 2.15. The number of allylic oxidation sites excluding steroid dienone is 1. The van der Waals surface area contributed by atoms with Gasteiger partial charge >= 0.3 is 0 Å². The first-order chi connectivity index (χ1) is 8.28. The molecule has 0 atom stereocenters. The van der Waals surface area contributed by atoms with Crippen LogP contribution in [0.5, 0.6) is 0 Å². The summed E-state index contributed by atoms with van der Waals surface area (Å²) < 4.78 is 2.36. The van der Waals surface area contributed by atoms with Crippen LogP contribution in [0.25, 0.3) is 14.2 Å². The van der Waals surface area contributed by atoms with Gasteiger partial charge in [0, 0.05) is 9.14 Å². The first-order valence-electron chi connectivity index (χ1n) is 5.15. The van der Waals surface area contributed by atoms with Crippen molar-refractivity contribution >= 4 is 49.3 Å². The number of thioether (sulfide) groups is 1. The highest BCUT2D eigenvalue weighted by atomic mass is 127. The lowest BCUT2D eigenvalue weighted by Crippen LogP contribution is -1.84. The predicted octanol–water partition coefficient (Wildman–Crippen LogP) is 4.26. The molecule has 0 N–H and O–H groups in total. The van der Waals surface area contributed by atoms with E-state index in [2.05, 4.69) is 57.1 Å². The van der Waals surface area contributed by atoms with Crippen molar-refractivity contribution in [2.45, 2.75) is 10.8 Å². The summed E-state index contributed by atoms with van der Waals surface area (Å²) in [5.41, 5.74) is 3.93. The zero-order valence-electron chi connectivity index (χ0n) is 9.11. The van der Waals surface area contributed by atoms with Gasteiger partial charge in [0.05, 0.1) is 0 Å². The van der Waals surface area contributed by atoms with E-state index in [0.717, 1.165) is 15.8 Å². The summed E-state index contributed by atoms with van der Waals surface area (Å²) in [7, 11) is 0. The number of rotatable bonds is 2. The van der Waals surface area contributed by atoms with Gasteiger partial charge in [-0.2, -0.15) is 0 Å². The summed E-state index contributed by atoms with van der Waals surface area (Å²) in [5, 5.41) is 9.38. The quantitative estimate of drug-likeness (QED) is 0.582. The lowest BCUT2D eigenvalue weighted by molar-refractivity contribution is 1.02. The van der Waals surface area contributed by atoms with E-state index in [0.29, 0.717) is 0 Å². The predicted molar refractivity (Wildman–Crippen MR) is 82.8 cm³/mol. The van der Waals surface area contributed by atoms with Crippen molar-refractivity contribution in [3.63, 3.8) is 0 Å². The van der Waals surface area contributed by atoms with Gasteiger partial charge in [0.1, 0.15) is 5.01 Å². The number of aromatic nitrogens is 2. The molecule has 17 heavy (non-hydrogen) atoms. The van der Waals surface area contributed by atoms with E-state index < -0.39 is 0 Å². The molecule has 1 heterocycles. The first kappa shape index (κ1) is 11.7. The fourth-order valence-electron chi connectivity index (χ4n) is 1.83. The standard InChI is InChI=1S/C12H9IN2S2/c1-16-12-15-14-11(17-12)8-3-2-7-4-5-10(13)9(7)6-8/h2-3,5-6H,4H2,1H3. The SMILES string of the molecule is CSc1nnc(-c2ccc3c(c2)C(I)=CC3)s1. The van der Waals surface area contributed by atoms with Crippen LogP contribution < -0.4 is 0 Å². The highest BCUT2D eigenvalue weighted by molar-refractivity contribution is 14.1. The van der Waals surface area contributed by atoms with Gasteiger partial charge in [-0.15, -0.1) is 10.2 Å². The number of fused-ring (bicyclic) bond motifs is 1. The van der Waals surface area contributed by atoms with E-state index in [4.69, 9.17) is 0 Å². The maximum Gasteiger partial charge on any atom is 0.174 e. The van der Waals surface area contributed by atoms with Crippen LogP contribution in [-0.2, 0) is 6.42 Å². The van der Waals surface area contributed by atoms with Crippen molar-refractivity contribution in [3.05, 3.63) is 35.4 Å². The minimum Gasteiger partial charge on any atom is -0.137 e. The van der Waals surface area contributed by atoms with Gasteiger partial charge < -0.3 is 0 Å². The maximum atomic E-state index is 4.23. The molecule has 0 saturated heterocycles.